The SMILES string of the molecule is CC/C=C/C/C=C/C/C=C/CCC/C=C/C=C/CCCCCCC(=O)O. The molecule has 0 rings (SSSR count). The molecule has 0 aliphatic rings. The number of carboxylic acid groups (broad SMARTS) is 1. The molecule has 146 valence electrons. The van der Waals surface area contributed by atoms with Crippen LogP contribution in [-0.2, 0) is 4.79 Å². The van der Waals surface area contributed by atoms with Crippen molar-refractivity contribution in [3.05, 3.63) is 60.8 Å². The molecule has 0 amide bonds. The summed E-state index contributed by atoms with van der Waals surface area (Å²) in [6, 6.07) is 0. The fourth-order valence-corrected chi connectivity index (χ4v) is 2.42. The van der Waals surface area contributed by atoms with E-state index in [-0.39, 0.29) is 0 Å². The zero-order valence-electron chi connectivity index (χ0n) is 16.6. The Morgan fingerprint density at radius 2 is 1.19 bits per heavy atom. The fourth-order valence-electron chi connectivity index (χ4n) is 2.42. The Morgan fingerprint density at radius 3 is 1.85 bits per heavy atom. The second kappa shape index (κ2) is 21.2. The third-order valence-corrected chi connectivity index (χ3v) is 3.92. The maximum absolute atomic E-state index is 10.4. The van der Waals surface area contributed by atoms with E-state index in [1.165, 1.54) is 6.42 Å². The molecule has 1 N–H and O–H groups in total. The molecule has 0 aromatic carbocycles. The first-order valence-electron chi connectivity index (χ1n) is 10.3. The molecule has 0 heterocycles. The maximum Gasteiger partial charge on any atom is 0.303 e. The highest BCUT2D eigenvalue weighted by atomic mass is 16.4. The quantitative estimate of drug-likeness (QED) is 0.165. The second-order valence-corrected chi connectivity index (χ2v) is 6.43. The van der Waals surface area contributed by atoms with Gasteiger partial charge in [-0.25, -0.2) is 0 Å². The van der Waals surface area contributed by atoms with Crippen molar-refractivity contribution in [1.29, 1.82) is 0 Å². The van der Waals surface area contributed by atoms with Gasteiger partial charge in [-0.15, -0.1) is 0 Å². The van der Waals surface area contributed by atoms with Crippen molar-refractivity contribution in [3.8, 4) is 0 Å². The molecular weight excluding hydrogens is 320 g/mol. The van der Waals surface area contributed by atoms with Crippen molar-refractivity contribution < 1.29 is 9.90 Å². The van der Waals surface area contributed by atoms with Gasteiger partial charge >= 0.3 is 5.97 Å². The van der Waals surface area contributed by atoms with Gasteiger partial charge < -0.3 is 5.11 Å². The minimum absolute atomic E-state index is 0.307. The van der Waals surface area contributed by atoms with Gasteiger partial charge in [0.05, 0.1) is 0 Å². The Morgan fingerprint density at radius 1 is 0.654 bits per heavy atom. The Bertz CT molecular complexity index is 453. The van der Waals surface area contributed by atoms with Crippen LogP contribution >= 0.6 is 0 Å². The highest BCUT2D eigenvalue weighted by Crippen LogP contribution is 2.06. The standard InChI is InChI=1S/C24H38O2/c1-2-3-4-5-6-7-8-9-10-11-12-13-14-15-16-17-18-19-20-21-22-23-24(25)26/h3-4,6-7,9-10,14-17H,2,5,8,11-13,18-23H2,1H3,(H,25,26)/b4-3+,7-6+,10-9+,15-14+,17-16+. The predicted octanol–water partition coefficient (Wildman–Crippen LogP) is 7.55. The normalized spacial score (nSPS) is 12.7. The molecule has 2 heteroatoms. The van der Waals surface area contributed by atoms with Crippen molar-refractivity contribution >= 4 is 5.97 Å². The van der Waals surface area contributed by atoms with Gasteiger partial charge in [0.2, 0.25) is 0 Å². The van der Waals surface area contributed by atoms with Crippen molar-refractivity contribution in [1.82, 2.24) is 0 Å². The van der Waals surface area contributed by atoms with Crippen LogP contribution in [0.4, 0.5) is 0 Å². The summed E-state index contributed by atoms with van der Waals surface area (Å²) in [7, 11) is 0. The molecule has 0 aliphatic heterocycles. The third-order valence-electron chi connectivity index (χ3n) is 3.92. The predicted molar refractivity (Wildman–Crippen MR) is 114 cm³/mol. The van der Waals surface area contributed by atoms with E-state index in [1.807, 2.05) is 0 Å². The summed E-state index contributed by atoms with van der Waals surface area (Å²) in [5, 5.41) is 8.55. The van der Waals surface area contributed by atoms with Crippen LogP contribution in [0, 0.1) is 0 Å². The average molecular weight is 359 g/mol. The maximum atomic E-state index is 10.4. The summed E-state index contributed by atoms with van der Waals surface area (Å²) in [6.07, 6.45) is 34.3. The van der Waals surface area contributed by atoms with Crippen molar-refractivity contribution in [2.75, 3.05) is 0 Å². The van der Waals surface area contributed by atoms with Crippen molar-refractivity contribution in [2.24, 2.45) is 0 Å². The van der Waals surface area contributed by atoms with E-state index in [9.17, 15) is 4.79 Å². The van der Waals surface area contributed by atoms with Gasteiger partial charge in [-0.1, -0.05) is 80.5 Å². The molecule has 0 atom stereocenters. The summed E-state index contributed by atoms with van der Waals surface area (Å²) in [5.74, 6) is -0.683. The van der Waals surface area contributed by atoms with Crippen LogP contribution in [0.15, 0.2) is 60.8 Å². The average Bonchev–Trinajstić information content (AvgIpc) is 2.62. The number of carbonyl (C=O) groups is 1. The van der Waals surface area contributed by atoms with Crippen LogP contribution < -0.4 is 0 Å². The van der Waals surface area contributed by atoms with E-state index in [2.05, 4.69) is 67.7 Å². The van der Waals surface area contributed by atoms with E-state index >= 15 is 0 Å². The molecule has 0 aromatic heterocycles. The highest BCUT2D eigenvalue weighted by Gasteiger charge is 1.95. The van der Waals surface area contributed by atoms with E-state index in [0.29, 0.717) is 6.42 Å². The van der Waals surface area contributed by atoms with Crippen molar-refractivity contribution in [3.63, 3.8) is 0 Å². The van der Waals surface area contributed by atoms with Crippen molar-refractivity contribution in [2.45, 2.75) is 84.0 Å². The van der Waals surface area contributed by atoms with Crippen LogP contribution in [0.3, 0.4) is 0 Å². The van der Waals surface area contributed by atoms with E-state index < -0.39 is 5.97 Å². The summed E-state index contributed by atoms with van der Waals surface area (Å²) < 4.78 is 0. The van der Waals surface area contributed by atoms with Gasteiger partial charge in [-0.05, 0) is 57.8 Å². The Kier molecular flexibility index (Phi) is 19.7. The summed E-state index contributed by atoms with van der Waals surface area (Å²) in [5.41, 5.74) is 0. The molecule has 0 radical (unpaired) electrons. The molecule has 26 heavy (non-hydrogen) atoms. The third kappa shape index (κ3) is 22.2. The number of allylic oxidation sites excluding steroid dienone is 10. The number of hydrogen-bond donors (Lipinski definition) is 1. The summed E-state index contributed by atoms with van der Waals surface area (Å²) >= 11 is 0. The molecule has 0 fully saturated rings. The largest absolute Gasteiger partial charge is 0.481 e. The number of unbranched alkanes of at least 4 members (excludes halogenated alkanes) is 6. The van der Waals surface area contributed by atoms with E-state index in [0.717, 1.165) is 64.2 Å². The van der Waals surface area contributed by atoms with Gasteiger partial charge in [0.15, 0.2) is 0 Å². The first-order valence-corrected chi connectivity index (χ1v) is 10.3. The number of hydrogen-bond acceptors (Lipinski definition) is 1. The van der Waals surface area contributed by atoms with E-state index in [1.54, 1.807) is 0 Å². The molecule has 0 bridgehead atoms. The topological polar surface area (TPSA) is 37.3 Å². The van der Waals surface area contributed by atoms with Gasteiger partial charge in [0.1, 0.15) is 0 Å². The smallest absolute Gasteiger partial charge is 0.303 e. The molecule has 0 spiro atoms. The van der Waals surface area contributed by atoms with Crippen LogP contribution in [0.25, 0.3) is 0 Å². The summed E-state index contributed by atoms with van der Waals surface area (Å²) in [6.45, 7) is 2.16. The lowest BCUT2D eigenvalue weighted by Crippen LogP contribution is -1.93. The first-order chi connectivity index (χ1) is 12.8. The van der Waals surface area contributed by atoms with Crippen LogP contribution in [0.2, 0.25) is 0 Å². The molecule has 2 nitrogen and oxygen atoms in total. The second-order valence-electron chi connectivity index (χ2n) is 6.43. The van der Waals surface area contributed by atoms with Gasteiger partial charge in [-0.2, -0.15) is 0 Å². The minimum Gasteiger partial charge on any atom is -0.481 e. The fraction of sp³-hybridized carbons (Fsp3) is 0.542. The monoisotopic (exact) mass is 358 g/mol. The van der Waals surface area contributed by atoms with E-state index in [4.69, 9.17) is 5.11 Å². The lowest BCUT2D eigenvalue weighted by atomic mass is 10.1. The van der Waals surface area contributed by atoms with Crippen LogP contribution in [0.5, 0.6) is 0 Å². The number of carboxylic acids is 1. The molecule has 0 aliphatic carbocycles. The lowest BCUT2D eigenvalue weighted by molar-refractivity contribution is -0.137. The first kappa shape index (κ1) is 24.2. The lowest BCUT2D eigenvalue weighted by Gasteiger charge is -1.96. The molecule has 0 unspecified atom stereocenters. The van der Waals surface area contributed by atoms with Gasteiger partial charge in [-0.3, -0.25) is 4.79 Å². The summed E-state index contributed by atoms with van der Waals surface area (Å²) in [4.78, 5) is 10.4. The van der Waals surface area contributed by atoms with Gasteiger partial charge in [0, 0.05) is 6.42 Å². The Balaban J connectivity index is 3.38. The molecule has 0 saturated carbocycles. The Labute approximate surface area is 161 Å². The van der Waals surface area contributed by atoms with Crippen LogP contribution in [0.1, 0.15) is 84.0 Å². The van der Waals surface area contributed by atoms with Crippen LogP contribution in [-0.4, -0.2) is 11.1 Å². The molecular formula is C24H38O2. The Hall–Kier alpha value is -1.83. The van der Waals surface area contributed by atoms with Gasteiger partial charge in [0.25, 0.3) is 0 Å². The molecule has 0 saturated heterocycles. The zero-order chi connectivity index (χ0) is 19.1. The zero-order valence-corrected chi connectivity index (χ0v) is 16.6. The molecule has 0 aromatic rings. The number of rotatable bonds is 17. The minimum atomic E-state index is -0.683. The number of aliphatic carboxylic acids is 1. The highest BCUT2D eigenvalue weighted by molar-refractivity contribution is 5.66.